The molecule has 0 saturated carbocycles. The lowest BCUT2D eigenvalue weighted by molar-refractivity contribution is 0.101. The molecule has 1 atom stereocenters. The highest BCUT2D eigenvalue weighted by molar-refractivity contribution is 9.10. The predicted octanol–water partition coefficient (Wildman–Crippen LogP) is 2.86. The Morgan fingerprint density at radius 1 is 1.53 bits per heavy atom. The first-order valence-electron chi connectivity index (χ1n) is 5.61. The molecule has 1 aromatic carbocycles. The maximum absolute atomic E-state index is 11.5. The minimum absolute atomic E-state index is 0.0522. The molecule has 0 aromatic heterocycles. The molecule has 0 aliphatic heterocycles. The van der Waals surface area contributed by atoms with E-state index in [1.165, 1.54) is 0 Å². The van der Waals surface area contributed by atoms with Gasteiger partial charge in [-0.3, -0.25) is 4.79 Å². The molecule has 0 aliphatic rings. The van der Waals surface area contributed by atoms with Crippen LogP contribution in [-0.2, 0) is 0 Å². The van der Waals surface area contributed by atoms with Crippen molar-refractivity contribution in [3.05, 3.63) is 28.2 Å². The lowest BCUT2D eigenvalue weighted by Crippen LogP contribution is -2.23. The molecule has 0 radical (unpaired) electrons. The fourth-order valence-electron chi connectivity index (χ4n) is 1.62. The topological polar surface area (TPSA) is 40.5 Å². The Balaban J connectivity index is 2.94. The Hall–Kier alpha value is -0.870. The van der Waals surface area contributed by atoms with Gasteiger partial charge in [-0.05, 0) is 38.5 Å². The number of benzene rings is 1. The summed E-state index contributed by atoms with van der Waals surface area (Å²) in [7, 11) is 1.93. The molecule has 0 saturated heterocycles. The Labute approximate surface area is 111 Å². The number of aliphatic hydroxyl groups is 1. The molecule has 1 aromatic rings. The van der Waals surface area contributed by atoms with Crippen molar-refractivity contribution in [2.45, 2.75) is 26.4 Å². The zero-order valence-electron chi connectivity index (χ0n) is 10.4. The first-order valence-corrected chi connectivity index (χ1v) is 6.40. The SMILES string of the molecule is CC(=O)c1ccc(Br)cc1N(C)CCC(C)O. The van der Waals surface area contributed by atoms with E-state index in [0.717, 1.165) is 10.2 Å². The normalized spacial score (nSPS) is 12.3. The monoisotopic (exact) mass is 299 g/mol. The molecule has 94 valence electrons. The van der Waals surface area contributed by atoms with Gasteiger partial charge >= 0.3 is 0 Å². The van der Waals surface area contributed by atoms with Crippen molar-refractivity contribution in [1.29, 1.82) is 0 Å². The van der Waals surface area contributed by atoms with Gasteiger partial charge < -0.3 is 10.0 Å². The van der Waals surface area contributed by atoms with Crippen LogP contribution in [0.4, 0.5) is 5.69 Å². The highest BCUT2D eigenvalue weighted by Crippen LogP contribution is 2.25. The van der Waals surface area contributed by atoms with Gasteiger partial charge in [0.1, 0.15) is 0 Å². The third-order valence-corrected chi connectivity index (χ3v) is 3.13. The smallest absolute Gasteiger partial charge is 0.161 e. The number of ketones is 1. The van der Waals surface area contributed by atoms with Crippen molar-refractivity contribution >= 4 is 27.4 Å². The van der Waals surface area contributed by atoms with Gasteiger partial charge in [-0.1, -0.05) is 15.9 Å². The predicted molar refractivity (Wildman–Crippen MR) is 73.7 cm³/mol. The number of nitrogens with zero attached hydrogens (tertiary/aromatic N) is 1. The molecule has 0 spiro atoms. The Morgan fingerprint density at radius 3 is 2.71 bits per heavy atom. The standard InChI is InChI=1S/C13H18BrNO2/c1-9(16)6-7-15(3)13-8-11(14)4-5-12(13)10(2)17/h4-5,8-9,16H,6-7H2,1-3H3. The summed E-state index contributed by atoms with van der Waals surface area (Å²) in [6.07, 6.45) is 0.353. The minimum atomic E-state index is -0.328. The second-order valence-electron chi connectivity index (χ2n) is 4.28. The van der Waals surface area contributed by atoms with E-state index < -0.39 is 0 Å². The van der Waals surface area contributed by atoms with Crippen LogP contribution in [0.15, 0.2) is 22.7 Å². The van der Waals surface area contributed by atoms with E-state index in [-0.39, 0.29) is 11.9 Å². The molecule has 1 N–H and O–H groups in total. The first kappa shape index (κ1) is 14.2. The van der Waals surface area contributed by atoms with E-state index in [4.69, 9.17) is 0 Å². The molecule has 1 rings (SSSR count). The van der Waals surface area contributed by atoms with E-state index >= 15 is 0 Å². The Morgan fingerprint density at radius 2 is 2.18 bits per heavy atom. The maximum atomic E-state index is 11.5. The van der Waals surface area contributed by atoms with Gasteiger partial charge in [-0.2, -0.15) is 0 Å². The average molecular weight is 300 g/mol. The van der Waals surface area contributed by atoms with E-state index in [2.05, 4.69) is 15.9 Å². The summed E-state index contributed by atoms with van der Waals surface area (Å²) in [5.41, 5.74) is 1.61. The number of hydrogen-bond donors (Lipinski definition) is 1. The zero-order chi connectivity index (χ0) is 13.0. The number of hydrogen-bond acceptors (Lipinski definition) is 3. The Kier molecular flexibility index (Phi) is 5.15. The second-order valence-corrected chi connectivity index (χ2v) is 5.19. The fraction of sp³-hybridized carbons (Fsp3) is 0.462. The van der Waals surface area contributed by atoms with Gasteiger partial charge in [-0.25, -0.2) is 0 Å². The van der Waals surface area contributed by atoms with Crippen LogP contribution in [0.5, 0.6) is 0 Å². The van der Waals surface area contributed by atoms with Crippen LogP contribution in [0, 0.1) is 0 Å². The number of aliphatic hydroxyl groups excluding tert-OH is 1. The number of Topliss-reactive ketones (excluding diaryl/α,β-unsaturated/α-hetero) is 1. The summed E-state index contributed by atoms with van der Waals surface area (Å²) >= 11 is 3.41. The summed E-state index contributed by atoms with van der Waals surface area (Å²) in [6.45, 7) is 4.05. The van der Waals surface area contributed by atoms with Crippen molar-refractivity contribution in [2.75, 3.05) is 18.5 Å². The fourth-order valence-corrected chi connectivity index (χ4v) is 1.97. The van der Waals surface area contributed by atoms with E-state index in [9.17, 15) is 9.90 Å². The molecule has 0 bridgehead atoms. The summed E-state index contributed by atoms with van der Waals surface area (Å²) in [5.74, 6) is 0.0522. The third kappa shape index (κ3) is 4.13. The van der Waals surface area contributed by atoms with Gasteiger partial charge in [0.25, 0.3) is 0 Å². The van der Waals surface area contributed by atoms with Gasteiger partial charge in [0.05, 0.1) is 6.10 Å². The quantitative estimate of drug-likeness (QED) is 0.850. The van der Waals surface area contributed by atoms with Crippen LogP contribution in [0.2, 0.25) is 0 Å². The van der Waals surface area contributed by atoms with E-state index in [0.29, 0.717) is 18.5 Å². The van der Waals surface area contributed by atoms with Gasteiger partial charge in [0, 0.05) is 29.3 Å². The summed E-state index contributed by atoms with van der Waals surface area (Å²) in [4.78, 5) is 13.5. The number of carbonyl (C=O) groups is 1. The van der Waals surface area contributed by atoms with Crippen molar-refractivity contribution in [2.24, 2.45) is 0 Å². The molecule has 0 aliphatic carbocycles. The van der Waals surface area contributed by atoms with Crippen molar-refractivity contribution < 1.29 is 9.90 Å². The van der Waals surface area contributed by atoms with Crippen LogP contribution in [0.3, 0.4) is 0 Å². The minimum Gasteiger partial charge on any atom is -0.393 e. The zero-order valence-corrected chi connectivity index (χ0v) is 12.0. The number of halogens is 1. The lowest BCUT2D eigenvalue weighted by Gasteiger charge is -2.22. The maximum Gasteiger partial charge on any atom is 0.161 e. The highest BCUT2D eigenvalue weighted by Gasteiger charge is 2.12. The molecule has 17 heavy (non-hydrogen) atoms. The van der Waals surface area contributed by atoms with Gasteiger partial charge in [0.15, 0.2) is 5.78 Å². The summed E-state index contributed by atoms with van der Waals surface area (Å²) < 4.78 is 0.946. The molecule has 4 heteroatoms. The Bertz CT molecular complexity index is 404. The summed E-state index contributed by atoms with van der Waals surface area (Å²) in [6, 6.07) is 5.61. The van der Waals surface area contributed by atoms with Crippen molar-refractivity contribution in [3.8, 4) is 0 Å². The van der Waals surface area contributed by atoms with E-state index in [1.54, 1.807) is 13.8 Å². The van der Waals surface area contributed by atoms with Crippen LogP contribution in [0.25, 0.3) is 0 Å². The van der Waals surface area contributed by atoms with Gasteiger partial charge in [-0.15, -0.1) is 0 Å². The largest absolute Gasteiger partial charge is 0.393 e. The van der Waals surface area contributed by atoms with Crippen LogP contribution in [0.1, 0.15) is 30.6 Å². The molecule has 3 nitrogen and oxygen atoms in total. The number of rotatable bonds is 5. The first-order chi connectivity index (χ1) is 7.91. The second kappa shape index (κ2) is 6.17. The van der Waals surface area contributed by atoms with Crippen molar-refractivity contribution in [1.82, 2.24) is 0 Å². The molecule has 1 unspecified atom stereocenters. The molecular formula is C13H18BrNO2. The number of anilines is 1. The molecule has 0 heterocycles. The highest BCUT2D eigenvalue weighted by atomic mass is 79.9. The molecule has 0 amide bonds. The molecule has 0 fully saturated rings. The van der Waals surface area contributed by atoms with Crippen LogP contribution in [-0.4, -0.2) is 30.6 Å². The molecular weight excluding hydrogens is 282 g/mol. The van der Waals surface area contributed by atoms with Crippen molar-refractivity contribution in [3.63, 3.8) is 0 Å². The van der Waals surface area contributed by atoms with E-state index in [1.807, 2.05) is 30.1 Å². The third-order valence-electron chi connectivity index (χ3n) is 2.63. The van der Waals surface area contributed by atoms with Crippen LogP contribution >= 0.6 is 15.9 Å². The lowest BCUT2D eigenvalue weighted by atomic mass is 10.1. The average Bonchev–Trinajstić information content (AvgIpc) is 2.25. The van der Waals surface area contributed by atoms with Gasteiger partial charge in [0.2, 0.25) is 0 Å². The summed E-state index contributed by atoms with van der Waals surface area (Å²) in [5, 5.41) is 9.28. The van der Waals surface area contributed by atoms with Crippen LogP contribution < -0.4 is 4.90 Å². The number of carbonyl (C=O) groups excluding carboxylic acids is 1.